The molecule has 1 saturated heterocycles. The van der Waals surface area contributed by atoms with Gasteiger partial charge in [-0.1, -0.05) is 134 Å². The average molecular weight is 534 g/mol. The van der Waals surface area contributed by atoms with Crippen LogP contribution in [0.2, 0.25) is 0 Å². The van der Waals surface area contributed by atoms with Gasteiger partial charge in [0.25, 0.3) is 0 Å². The predicted octanol–water partition coefficient (Wildman–Crippen LogP) is 7.82. The Balaban J connectivity index is 1.27. The maximum absolute atomic E-state index is 6.97. The van der Waals surface area contributed by atoms with Crippen LogP contribution in [0.4, 0.5) is 0 Å². The van der Waals surface area contributed by atoms with Crippen LogP contribution in [0, 0.1) is 5.92 Å². The number of allylic oxidation sites excluding steroid dienone is 8. The fourth-order valence-electron chi connectivity index (χ4n) is 6.73. The summed E-state index contributed by atoms with van der Waals surface area (Å²) in [4.78, 5) is 0. The molecule has 4 unspecified atom stereocenters. The van der Waals surface area contributed by atoms with E-state index in [1.165, 1.54) is 27.8 Å². The van der Waals surface area contributed by atoms with Crippen LogP contribution in [0.5, 0.6) is 11.5 Å². The van der Waals surface area contributed by atoms with Crippen molar-refractivity contribution in [2.45, 2.75) is 24.4 Å². The zero-order valence-electron chi connectivity index (χ0n) is 22.6. The van der Waals surface area contributed by atoms with Gasteiger partial charge in [-0.15, -0.1) is 0 Å². The van der Waals surface area contributed by atoms with E-state index < -0.39 is 0 Å². The molecule has 4 nitrogen and oxygen atoms in total. The van der Waals surface area contributed by atoms with Gasteiger partial charge in [0.1, 0.15) is 11.5 Å². The molecule has 1 fully saturated rings. The Morgan fingerprint density at radius 3 is 1.98 bits per heavy atom. The minimum Gasteiger partial charge on any atom is -0.456 e. The highest BCUT2D eigenvalue weighted by molar-refractivity contribution is 5.81. The molecule has 3 N–H and O–H groups in total. The fraction of sp³-hybridized carbons (Fsp3) is 0.135. The third kappa shape index (κ3) is 4.28. The van der Waals surface area contributed by atoms with Gasteiger partial charge in [0.05, 0.1) is 18.5 Å². The highest BCUT2D eigenvalue weighted by Gasteiger charge is 2.38. The van der Waals surface area contributed by atoms with Crippen LogP contribution in [0.3, 0.4) is 0 Å². The van der Waals surface area contributed by atoms with Gasteiger partial charge >= 0.3 is 0 Å². The monoisotopic (exact) mass is 533 g/mol. The maximum atomic E-state index is 6.97. The van der Waals surface area contributed by atoms with Gasteiger partial charge in [-0.2, -0.15) is 0 Å². The van der Waals surface area contributed by atoms with Crippen molar-refractivity contribution >= 4 is 5.57 Å². The highest BCUT2D eigenvalue weighted by Crippen LogP contribution is 2.53. The number of rotatable bonds is 3. The zero-order chi connectivity index (χ0) is 27.2. The van der Waals surface area contributed by atoms with Crippen molar-refractivity contribution in [1.29, 1.82) is 0 Å². The van der Waals surface area contributed by atoms with Gasteiger partial charge in [-0.3, -0.25) is 16.0 Å². The van der Waals surface area contributed by atoms with Crippen molar-refractivity contribution < 1.29 is 4.74 Å². The molecule has 2 heterocycles. The first-order valence-corrected chi connectivity index (χ1v) is 14.4. The van der Waals surface area contributed by atoms with Crippen molar-refractivity contribution in [1.82, 2.24) is 16.0 Å². The molecule has 8 rings (SSSR count). The van der Waals surface area contributed by atoms with E-state index in [2.05, 4.69) is 156 Å². The Morgan fingerprint density at radius 1 is 0.561 bits per heavy atom. The van der Waals surface area contributed by atoms with Gasteiger partial charge in [0.2, 0.25) is 0 Å². The first kappa shape index (κ1) is 24.3. The molecule has 0 radical (unpaired) electrons. The van der Waals surface area contributed by atoms with Gasteiger partial charge in [-0.25, -0.2) is 0 Å². The second kappa shape index (κ2) is 10.2. The van der Waals surface area contributed by atoms with Gasteiger partial charge in [0.15, 0.2) is 0 Å². The van der Waals surface area contributed by atoms with Crippen LogP contribution in [-0.4, -0.2) is 0 Å². The maximum Gasteiger partial charge on any atom is 0.137 e. The molecule has 0 spiro atoms. The summed E-state index contributed by atoms with van der Waals surface area (Å²) in [6.45, 7) is 0. The summed E-state index contributed by atoms with van der Waals surface area (Å²) in [6, 6.07) is 36.3. The van der Waals surface area contributed by atoms with Gasteiger partial charge in [-0.05, 0) is 28.3 Å². The third-order valence-corrected chi connectivity index (χ3v) is 8.65. The van der Waals surface area contributed by atoms with E-state index in [-0.39, 0.29) is 30.3 Å². The lowest BCUT2D eigenvalue weighted by molar-refractivity contribution is 0.200. The Kier molecular flexibility index (Phi) is 6.03. The van der Waals surface area contributed by atoms with Crippen molar-refractivity contribution in [3.8, 4) is 11.5 Å². The quantitative estimate of drug-likeness (QED) is 0.251. The van der Waals surface area contributed by atoms with E-state index in [1.807, 2.05) is 0 Å². The van der Waals surface area contributed by atoms with Crippen LogP contribution in [-0.2, 0) is 0 Å². The molecule has 4 aromatic rings. The van der Waals surface area contributed by atoms with Gasteiger partial charge < -0.3 is 4.74 Å². The lowest BCUT2D eigenvalue weighted by Gasteiger charge is -2.41. The van der Waals surface area contributed by atoms with E-state index in [4.69, 9.17) is 4.74 Å². The number of nitrogens with one attached hydrogen (secondary N) is 3. The third-order valence-electron chi connectivity index (χ3n) is 8.65. The Bertz CT molecular complexity index is 1670. The minimum absolute atomic E-state index is 0.0496. The number of hydrogen-bond acceptors (Lipinski definition) is 4. The van der Waals surface area contributed by atoms with Crippen molar-refractivity contribution in [2.24, 2.45) is 5.92 Å². The number of para-hydroxylation sites is 2. The second-order valence-corrected chi connectivity index (χ2v) is 11.0. The molecule has 0 aromatic heterocycles. The molecule has 0 amide bonds. The van der Waals surface area contributed by atoms with E-state index in [1.54, 1.807) is 0 Å². The van der Waals surface area contributed by atoms with Crippen molar-refractivity contribution in [2.75, 3.05) is 0 Å². The largest absolute Gasteiger partial charge is 0.456 e. The molecule has 4 aliphatic rings. The van der Waals surface area contributed by atoms with Crippen LogP contribution >= 0.6 is 0 Å². The van der Waals surface area contributed by atoms with E-state index in [0.717, 1.165) is 22.6 Å². The molecule has 4 atom stereocenters. The number of fused-ring (bicyclic) bond motifs is 4. The molecule has 0 saturated carbocycles. The Labute approximate surface area is 240 Å². The number of benzene rings is 4. The number of ether oxygens (including phenoxy) is 1. The average Bonchev–Trinajstić information content (AvgIpc) is 3.04. The first-order valence-electron chi connectivity index (χ1n) is 14.4. The molecular weight excluding hydrogens is 502 g/mol. The van der Waals surface area contributed by atoms with E-state index in [9.17, 15) is 0 Å². The van der Waals surface area contributed by atoms with Crippen molar-refractivity contribution in [3.63, 3.8) is 0 Å². The molecular formula is C37H31N3O. The zero-order valence-corrected chi connectivity index (χ0v) is 22.6. The summed E-state index contributed by atoms with van der Waals surface area (Å²) in [7, 11) is 0. The molecule has 4 heteroatoms. The summed E-state index contributed by atoms with van der Waals surface area (Å²) in [5.41, 5.74) is 8.51. The van der Waals surface area contributed by atoms with E-state index >= 15 is 0 Å². The van der Waals surface area contributed by atoms with Crippen molar-refractivity contribution in [3.05, 3.63) is 173 Å². The van der Waals surface area contributed by atoms with Gasteiger partial charge in [0, 0.05) is 28.5 Å². The lowest BCUT2D eigenvalue weighted by Crippen LogP contribution is -2.54. The Hall–Kier alpha value is -4.48. The normalized spacial score (nSPS) is 25.8. The summed E-state index contributed by atoms with van der Waals surface area (Å²) >= 11 is 0. The highest BCUT2D eigenvalue weighted by atomic mass is 16.5. The molecule has 2 aliphatic heterocycles. The summed E-state index contributed by atoms with van der Waals surface area (Å²) in [6.07, 6.45) is 13.2. The van der Waals surface area contributed by atoms with Crippen LogP contribution in [0.25, 0.3) is 5.57 Å². The predicted molar refractivity (Wildman–Crippen MR) is 164 cm³/mol. The molecule has 41 heavy (non-hydrogen) atoms. The summed E-state index contributed by atoms with van der Waals surface area (Å²) in [5.74, 6) is 2.23. The first-order chi connectivity index (χ1) is 20.3. The van der Waals surface area contributed by atoms with Crippen LogP contribution in [0.1, 0.15) is 52.2 Å². The molecule has 2 aliphatic carbocycles. The van der Waals surface area contributed by atoms with Crippen LogP contribution in [0.15, 0.2) is 145 Å². The smallest absolute Gasteiger partial charge is 0.137 e. The van der Waals surface area contributed by atoms with E-state index in [0.29, 0.717) is 0 Å². The fourth-order valence-corrected chi connectivity index (χ4v) is 6.73. The topological polar surface area (TPSA) is 45.3 Å². The second-order valence-electron chi connectivity index (χ2n) is 11.0. The molecule has 0 bridgehead atoms. The SMILES string of the molecule is C1=CC2=CC=CC3c4cccc(C5NC(c6ccccc6)NC(c6ccccc6)N5)c4Oc4ccccc4C(=C1)C23. The minimum atomic E-state index is -0.156. The van der Waals surface area contributed by atoms with Crippen LogP contribution < -0.4 is 20.7 Å². The standard InChI is InChI=1S/C37H31N3O/c1-3-12-25(13-4-1)35-38-36(26-14-5-2-6-15-26)40-37(39-35)31-22-11-21-30-29-20-10-17-24-16-9-19-28(33(24)29)27-18-7-8-23-32(27)41-34(30)31/h1-23,29,33,35-40H. The summed E-state index contributed by atoms with van der Waals surface area (Å²) in [5, 5.41) is 11.5. The molecule has 4 aromatic carbocycles. The number of hydrogen-bond donors (Lipinski definition) is 3. The summed E-state index contributed by atoms with van der Waals surface area (Å²) < 4.78 is 6.97. The molecule has 200 valence electrons. The Morgan fingerprint density at radius 2 is 1.22 bits per heavy atom. The lowest BCUT2D eigenvalue weighted by atomic mass is 9.69.